The Morgan fingerprint density at radius 2 is 0.409 bits per heavy atom. The van der Waals surface area contributed by atoms with E-state index < -0.39 is 122 Å². The van der Waals surface area contributed by atoms with Gasteiger partial charge in [0.05, 0.1) is 38.5 Å². The molecule has 0 aromatic rings. The van der Waals surface area contributed by atoms with Gasteiger partial charge in [0.25, 0.3) is 0 Å². The van der Waals surface area contributed by atoms with E-state index in [1.807, 2.05) is 0 Å². The van der Waals surface area contributed by atoms with Gasteiger partial charge in [-0.05, 0) is 0 Å². The first-order chi connectivity index (χ1) is 29.9. The van der Waals surface area contributed by atoms with Gasteiger partial charge in [-0.15, -0.1) is 0 Å². The molecule has 0 aromatic carbocycles. The summed E-state index contributed by atoms with van der Waals surface area (Å²) >= 11 is 0. The number of hydrogen-bond donors (Lipinski definition) is 12. The first-order valence-corrected chi connectivity index (χ1v) is 16.3. The highest BCUT2D eigenvalue weighted by Crippen LogP contribution is 1.99. The van der Waals surface area contributed by atoms with E-state index in [1.165, 1.54) is 0 Å². The molecule has 0 spiro atoms. The molecule has 28 heteroatoms. The smallest absolute Gasteiger partial charge is 0.331 e. The third-order valence-electron chi connectivity index (χ3n) is 4.91. The lowest BCUT2D eigenvalue weighted by molar-refractivity contribution is -0.146. The van der Waals surface area contributed by atoms with Crippen LogP contribution in [0.15, 0.2) is 98.2 Å². The Morgan fingerprint density at radius 3 is 0.470 bits per heavy atom. The number of esters is 2. The first kappa shape index (κ1) is 71.0. The van der Waals surface area contributed by atoms with Crippen LogP contribution in [-0.4, -0.2) is 158 Å². The van der Waals surface area contributed by atoms with E-state index in [0.29, 0.717) is 0 Å². The minimum absolute atomic E-state index is 0.0322. The van der Waals surface area contributed by atoms with E-state index in [2.05, 4.69) is 62.1 Å². The molecule has 0 aliphatic heterocycles. The van der Waals surface area contributed by atoms with E-state index in [4.69, 9.17) is 61.3 Å². The maximum Gasteiger partial charge on any atom is 0.331 e. The monoisotopic (exact) mass is 950 g/mol. The lowest BCUT2D eigenvalue weighted by Gasteiger charge is -2.01. The molecule has 0 bridgehead atoms. The largest absolute Gasteiger partial charge is 0.481 e. The number of carboxylic acid groups (broad SMARTS) is 12. The summed E-state index contributed by atoms with van der Waals surface area (Å²) in [4.78, 5) is 139. The van der Waals surface area contributed by atoms with Crippen LogP contribution in [0.1, 0.15) is 38.5 Å². The number of rotatable bonds is 23. The Morgan fingerprint density at radius 1 is 0.288 bits per heavy atom. The fraction of sp³-hybridized carbons (Fsp3) is 0.211. The molecule has 0 aromatic heterocycles. The summed E-state index contributed by atoms with van der Waals surface area (Å²) in [6.45, 7) is 24.5. The van der Waals surface area contributed by atoms with Gasteiger partial charge >= 0.3 is 83.6 Å². The van der Waals surface area contributed by atoms with Crippen molar-refractivity contribution in [1.29, 1.82) is 0 Å². The molecule has 0 aliphatic rings. The minimum Gasteiger partial charge on any atom is -0.481 e. The van der Waals surface area contributed by atoms with Gasteiger partial charge in [0, 0.05) is 45.6 Å². The van der Waals surface area contributed by atoms with Gasteiger partial charge < -0.3 is 70.8 Å². The molecule has 0 saturated heterocycles. The van der Waals surface area contributed by atoms with Crippen LogP contribution in [0.2, 0.25) is 0 Å². The summed E-state index contributed by atoms with van der Waals surface area (Å²) in [6.07, 6.45) is -0.954. The molecule has 0 saturated carbocycles. The van der Waals surface area contributed by atoms with E-state index in [9.17, 15) is 67.1 Å². The lowest BCUT2D eigenvalue weighted by atomic mass is 10.2. The maximum atomic E-state index is 10.4. The summed E-state index contributed by atoms with van der Waals surface area (Å²) in [6, 6.07) is 0. The topological polar surface area (TPSA) is 500 Å². The van der Waals surface area contributed by atoms with Gasteiger partial charge in [-0.1, -0.05) is 52.6 Å². The molecule has 0 rings (SSSR count). The van der Waals surface area contributed by atoms with Gasteiger partial charge in [0.15, 0.2) is 0 Å². The van der Waals surface area contributed by atoms with Crippen molar-refractivity contribution in [1.82, 2.24) is 0 Å². The van der Waals surface area contributed by atoms with Gasteiger partial charge in [-0.3, -0.25) is 28.8 Å². The fourth-order valence-corrected chi connectivity index (χ4v) is 1.95. The van der Waals surface area contributed by atoms with Crippen molar-refractivity contribution in [2.75, 3.05) is 13.2 Å². The van der Waals surface area contributed by atoms with Crippen LogP contribution < -0.4 is 0 Å². The lowest BCUT2D eigenvalue weighted by Crippen LogP contribution is -2.10. The fourth-order valence-electron chi connectivity index (χ4n) is 1.95. The Bertz CT molecular complexity index is 1590. The van der Waals surface area contributed by atoms with Crippen LogP contribution in [0.4, 0.5) is 0 Å². The van der Waals surface area contributed by atoms with Crippen molar-refractivity contribution in [3.63, 3.8) is 0 Å². The Kier molecular flexibility index (Phi) is 45.4. The molecule has 366 valence electrons. The zero-order valence-electron chi connectivity index (χ0n) is 34.4. The van der Waals surface area contributed by atoms with Crippen molar-refractivity contribution in [3.05, 3.63) is 98.2 Å². The number of carbonyl (C=O) groups is 14. The average Bonchev–Trinajstić information content (AvgIpc) is 3.16. The molecule has 0 unspecified atom stereocenters. The molecule has 28 nitrogen and oxygen atoms in total. The van der Waals surface area contributed by atoms with Crippen molar-refractivity contribution >= 4 is 83.6 Å². The van der Waals surface area contributed by atoms with Crippen LogP contribution in [0.5, 0.6) is 0 Å². The highest BCUT2D eigenvalue weighted by atomic mass is 16.6. The Labute approximate surface area is 371 Å². The summed E-state index contributed by atoms with van der Waals surface area (Å²) in [5.41, 5.74) is -1.82. The summed E-state index contributed by atoms with van der Waals surface area (Å²) < 4.78 is 9.04. The van der Waals surface area contributed by atoms with Crippen molar-refractivity contribution in [2.45, 2.75) is 38.5 Å². The summed E-state index contributed by atoms with van der Waals surface area (Å²) in [7, 11) is 0. The zero-order valence-corrected chi connectivity index (χ0v) is 34.4. The normalized spacial score (nSPS) is 8.42. The highest BCUT2D eigenvalue weighted by Gasteiger charge is 2.11. The van der Waals surface area contributed by atoms with E-state index >= 15 is 0 Å². The van der Waals surface area contributed by atoms with E-state index in [1.54, 1.807) is 0 Å². The zero-order chi connectivity index (χ0) is 54.0. The molecule has 0 aliphatic carbocycles. The highest BCUT2D eigenvalue weighted by molar-refractivity contribution is 5.94. The Balaban J connectivity index is -0.000000123. The second kappa shape index (κ2) is 42.2. The molecule has 0 fully saturated rings. The van der Waals surface area contributed by atoms with Crippen molar-refractivity contribution in [3.8, 4) is 0 Å². The molecular weight excluding hydrogens is 904 g/mol. The van der Waals surface area contributed by atoms with Crippen LogP contribution in [-0.2, 0) is 76.6 Å². The van der Waals surface area contributed by atoms with Crippen LogP contribution in [0.25, 0.3) is 0 Å². The predicted molar refractivity (Wildman–Crippen MR) is 216 cm³/mol. The van der Waals surface area contributed by atoms with Gasteiger partial charge in [0.2, 0.25) is 0 Å². The number of ether oxygens (including phenoxy) is 2. The Hall–Kier alpha value is -9.50. The number of aliphatic carboxylic acids is 12. The molecule has 0 atom stereocenters. The average molecular weight is 951 g/mol. The first-order valence-electron chi connectivity index (χ1n) is 16.3. The van der Waals surface area contributed by atoms with E-state index in [0.717, 1.165) is 12.2 Å². The number of carbonyl (C=O) groups excluding carboxylic acids is 2. The molecule has 0 amide bonds. The van der Waals surface area contributed by atoms with Crippen molar-refractivity contribution in [2.24, 2.45) is 0 Å². The third-order valence-corrected chi connectivity index (χ3v) is 4.91. The summed E-state index contributed by atoms with van der Waals surface area (Å²) in [5.74, 6) is -15.7. The van der Waals surface area contributed by atoms with Crippen molar-refractivity contribution < 1.29 is 138 Å². The molecular formula is C38H46O28. The maximum absolute atomic E-state index is 10.4. The number of carboxylic acids is 12. The quantitative estimate of drug-likeness (QED) is 0.0387. The van der Waals surface area contributed by atoms with Crippen LogP contribution in [0.3, 0.4) is 0 Å². The van der Waals surface area contributed by atoms with Crippen LogP contribution >= 0.6 is 0 Å². The van der Waals surface area contributed by atoms with Gasteiger partial charge in [-0.25, -0.2) is 38.4 Å². The standard InChI is InChI=1S/C8H10O4.6C5H6O4/c1-3-7(9)11-5-6-12-8(10)4-2;6*1-3(5(8)9)2-4(6)7/h3-4H,1-2,5-6H2;6*1-2H2,(H,6,7)(H,8,9). The molecule has 0 radical (unpaired) electrons. The number of hydrogen-bond acceptors (Lipinski definition) is 16. The second-order valence-corrected chi connectivity index (χ2v) is 10.6. The van der Waals surface area contributed by atoms with Gasteiger partial charge in [0.1, 0.15) is 13.2 Å². The van der Waals surface area contributed by atoms with Crippen LogP contribution in [0, 0.1) is 0 Å². The van der Waals surface area contributed by atoms with Gasteiger partial charge in [-0.2, -0.15) is 0 Å². The molecule has 0 heterocycles. The van der Waals surface area contributed by atoms with E-state index in [-0.39, 0.29) is 46.7 Å². The summed E-state index contributed by atoms with van der Waals surface area (Å²) in [5, 5.41) is 96.5. The molecule has 12 N–H and O–H groups in total. The molecule has 66 heavy (non-hydrogen) atoms. The second-order valence-electron chi connectivity index (χ2n) is 10.6. The predicted octanol–water partition coefficient (Wildman–Crippen LogP) is 1.06. The third kappa shape index (κ3) is 63.7. The SMILES string of the molecule is C=C(CC(=O)O)C(=O)O.C=C(CC(=O)O)C(=O)O.C=C(CC(=O)O)C(=O)O.C=C(CC(=O)O)C(=O)O.C=C(CC(=O)O)C(=O)O.C=C(CC(=O)O)C(=O)O.C=CC(=O)OCCOC(=O)C=C. The minimum atomic E-state index is -1.27.